The van der Waals surface area contributed by atoms with Gasteiger partial charge < -0.3 is 10.5 Å². The van der Waals surface area contributed by atoms with Crippen molar-refractivity contribution in [3.8, 4) is 0 Å². The molecule has 1 N–H and O–H groups in total. The molecule has 0 saturated heterocycles. The third-order valence-electron chi connectivity index (χ3n) is 2.19. The van der Waals surface area contributed by atoms with E-state index in [1.54, 1.807) is 12.1 Å². The molecule has 0 radical (unpaired) electrons. The van der Waals surface area contributed by atoms with Gasteiger partial charge in [-0.1, -0.05) is 12.1 Å². The maximum atomic E-state index is 11.8. The number of hydrogen-bond acceptors (Lipinski definition) is 2. The molecule has 0 aliphatic rings. The third kappa shape index (κ3) is 3.90. The van der Waals surface area contributed by atoms with E-state index >= 15 is 0 Å². The van der Waals surface area contributed by atoms with Gasteiger partial charge in [-0.15, -0.1) is 0 Å². The van der Waals surface area contributed by atoms with Gasteiger partial charge >= 0.3 is 0 Å². The van der Waals surface area contributed by atoms with E-state index in [9.17, 15) is 10.0 Å². The van der Waals surface area contributed by atoms with E-state index in [0.29, 0.717) is 11.3 Å². The molecule has 0 aromatic heterocycles. The lowest BCUT2D eigenvalue weighted by Crippen LogP contribution is -2.29. The normalized spacial score (nSPS) is 12.4. The molecular formula is C13H18N2O2. The predicted molar refractivity (Wildman–Crippen MR) is 69.3 cm³/mol. The summed E-state index contributed by atoms with van der Waals surface area (Å²) in [6.07, 6.45) is 1.49. The molecule has 17 heavy (non-hydrogen) atoms. The van der Waals surface area contributed by atoms with Crippen molar-refractivity contribution < 1.29 is 9.53 Å². The van der Waals surface area contributed by atoms with Crippen LogP contribution in [0.1, 0.15) is 33.3 Å². The monoisotopic (exact) mass is 234 g/mol. The number of hydroxylamine groups is 1. The van der Waals surface area contributed by atoms with Crippen molar-refractivity contribution in [3.63, 3.8) is 0 Å². The van der Waals surface area contributed by atoms with Crippen molar-refractivity contribution >= 4 is 17.8 Å². The fourth-order valence-corrected chi connectivity index (χ4v) is 1.23. The van der Waals surface area contributed by atoms with Gasteiger partial charge in [-0.25, -0.2) is 4.74 Å². The number of rotatable bonds is 2. The van der Waals surface area contributed by atoms with Gasteiger partial charge in [0, 0.05) is 27.7 Å². The van der Waals surface area contributed by atoms with Crippen molar-refractivity contribution in [1.29, 1.82) is 0 Å². The molecule has 92 valence electrons. The zero-order valence-corrected chi connectivity index (χ0v) is 10.7. The van der Waals surface area contributed by atoms with Crippen molar-refractivity contribution in [2.24, 2.45) is 0 Å². The predicted octanol–water partition coefficient (Wildman–Crippen LogP) is 2.37. The number of nitrogens with zero attached hydrogens (tertiary/aromatic N) is 1. The number of carbonyl (C=O) groups excluding carboxylic acids is 1. The summed E-state index contributed by atoms with van der Waals surface area (Å²) in [5, 5.41) is 14.5. The average Bonchev–Trinajstić information content (AvgIpc) is 2.18. The second-order valence-corrected chi connectivity index (χ2v) is 4.89. The van der Waals surface area contributed by atoms with Crippen LogP contribution in [0.15, 0.2) is 24.3 Å². The van der Waals surface area contributed by atoms with Gasteiger partial charge in [0.2, 0.25) is 5.91 Å². The quantitative estimate of drug-likeness (QED) is 0.369. The van der Waals surface area contributed by atoms with E-state index in [1.165, 1.54) is 13.1 Å². The van der Waals surface area contributed by atoms with Gasteiger partial charge in [-0.05, 0) is 12.1 Å². The van der Waals surface area contributed by atoms with Crippen LogP contribution in [0.4, 0.5) is 5.69 Å². The van der Waals surface area contributed by atoms with Crippen LogP contribution < -0.4 is 5.32 Å². The molecule has 1 aromatic carbocycles. The largest absolute Gasteiger partial charge is 0.623 e. The topological polar surface area (TPSA) is 55.2 Å². The summed E-state index contributed by atoms with van der Waals surface area (Å²) in [5.41, 5.74) is 0.848. The number of hydrogen-bond donors (Lipinski definition) is 1. The molecule has 0 spiro atoms. The number of anilines is 1. The first kappa shape index (κ1) is 13.2. The fraction of sp³-hybridized carbons (Fsp3) is 0.385. The van der Waals surface area contributed by atoms with Crippen LogP contribution in [-0.4, -0.2) is 22.4 Å². The van der Waals surface area contributed by atoms with Crippen LogP contribution in [-0.2, 0) is 4.79 Å². The molecule has 0 bridgehead atoms. The van der Waals surface area contributed by atoms with Crippen LogP contribution in [0.3, 0.4) is 0 Å². The number of carbonyl (C=O) groups is 1. The molecule has 0 unspecified atom stereocenters. The Kier molecular flexibility index (Phi) is 3.89. The Labute approximate surface area is 102 Å². The number of amides is 1. The zero-order valence-electron chi connectivity index (χ0n) is 10.7. The summed E-state index contributed by atoms with van der Waals surface area (Å²) in [4.78, 5) is 11.0. The smallest absolute Gasteiger partial charge is 0.221 e. The molecule has 4 nitrogen and oxygen atoms in total. The Hall–Kier alpha value is -1.84. The summed E-state index contributed by atoms with van der Waals surface area (Å²) < 4.78 is 0.883. The highest BCUT2D eigenvalue weighted by Gasteiger charge is 2.18. The molecule has 0 atom stereocenters. The Morgan fingerprint density at radius 2 is 1.94 bits per heavy atom. The first-order valence-corrected chi connectivity index (χ1v) is 5.48. The minimum absolute atomic E-state index is 0.154. The molecule has 1 rings (SSSR count). The first-order valence-electron chi connectivity index (χ1n) is 5.48. The summed E-state index contributed by atoms with van der Waals surface area (Å²) in [6, 6.07) is 7.20. The summed E-state index contributed by atoms with van der Waals surface area (Å²) >= 11 is 0. The lowest BCUT2D eigenvalue weighted by molar-refractivity contribution is -0.530. The summed E-state index contributed by atoms with van der Waals surface area (Å²) in [5.74, 6) is -0.154. The Morgan fingerprint density at radius 3 is 2.47 bits per heavy atom. The van der Waals surface area contributed by atoms with Crippen molar-refractivity contribution in [2.45, 2.75) is 33.2 Å². The third-order valence-corrected chi connectivity index (χ3v) is 2.19. The van der Waals surface area contributed by atoms with Crippen molar-refractivity contribution in [3.05, 3.63) is 35.0 Å². The maximum Gasteiger partial charge on any atom is 0.221 e. The van der Waals surface area contributed by atoms with Gasteiger partial charge in [-0.2, -0.15) is 0 Å². The Balaban J connectivity index is 3.10. The molecule has 0 heterocycles. The second-order valence-electron chi connectivity index (χ2n) is 4.89. The molecular weight excluding hydrogens is 216 g/mol. The van der Waals surface area contributed by atoms with Gasteiger partial charge in [0.05, 0.1) is 11.3 Å². The van der Waals surface area contributed by atoms with E-state index in [-0.39, 0.29) is 5.91 Å². The van der Waals surface area contributed by atoms with Gasteiger partial charge in [0.1, 0.15) is 0 Å². The van der Waals surface area contributed by atoms with Gasteiger partial charge in [0.15, 0.2) is 11.8 Å². The zero-order chi connectivity index (χ0) is 13.1. The fourth-order valence-electron chi connectivity index (χ4n) is 1.23. The van der Waals surface area contributed by atoms with Crippen LogP contribution in [0, 0.1) is 5.21 Å². The molecule has 0 aliphatic heterocycles. The average molecular weight is 234 g/mol. The summed E-state index contributed by atoms with van der Waals surface area (Å²) in [6.45, 7) is 6.93. The summed E-state index contributed by atoms with van der Waals surface area (Å²) in [7, 11) is 0. The van der Waals surface area contributed by atoms with Gasteiger partial charge in [0.25, 0.3) is 0 Å². The van der Waals surface area contributed by atoms with Crippen LogP contribution in [0.2, 0.25) is 0 Å². The lowest BCUT2D eigenvalue weighted by Gasteiger charge is -2.19. The highest BCUT2D eigenvalue weighted by Crippen LogP contribution is 2.14. The number of para-hydroxylation sites is 1. The maximum absolute atomic E-state index is 11.8. The SMILES string of the molecule is CC(=O)Nc1ccccc1C=[N+]([O-])C(C)(C)C. The number of nitrogens with one attached hydrogen (secondary N) is 1. The molecule has 4 heteroatoms. The Bertz CT molecular complexity index is 445. The molecule has 0 fully saturated rings. The Morgan fingerprint density at radius 1 is 1.35 bits per heavy atom. The highest BCUT2D eigenvalue weighted by atomic mass is 16.5. The number of benzene rings is 1. The highest BCUT2D eigenvalue weighted by molar-refractivity contribution is 5.95. The molecule has 1 aromatic rings. The van der Waals surface area contributed by atoms with Crippen molar-refractivity contribution in [2.75, 3.05) is 5.32 Å². The van der Waals surface area contributed by atoms with E-state index in [2.05, 4.69) is 5.32 Å². The van der Waals surface area contributed by atoms with Crippen LogP contribution in [0.25, 0.3) is 0 Å². The second kappa shape index (κ2) is 4.99. The van der Waals surface area contributed by atoms with Crippen molar-refractivity contribution in [1.82, 2.24) is 0 Å². The molecule has 1 amide bonds. The lowest BCUT2D eigenvalue weighted by atomic mass is 10.1. The minimum atomic E-state index is -0.497. The van der Waals surface area contributed by atoms with Crippen LogP contribution in [0.5, 0.6) is 0 Å². The first-order chi connectivity index (χ1) is 7.80. The molecule has 0 aliphatic carbocycles. The van der Waals surface area contributed by atoms with E-state index in [0.717, 1.165) is 4.74 Å². The minimum Gasteiger partial charge on any atom is -0.623 e. The van der Waals surface area contributed by atoms with E-state index in [4.69, 9.17) is 0 Å². The standard InChI is InChI=1S/C13H18N2O2/c1-10(16)14-12-8-6-5-7-11(12)9-15(17)13(2,3)4/h5-9H,1-4H3,(H,14,16). The van der Waals surface area contributed by atoms with E-state index in [1.807, 2.05) is 32.9 Å². The molecule has 0 saturated carbocycles. The van der Waals surface area contributed by atoms with Crippen LogP contribution >= 0.6 is 0 Å². The van der Waals surface area contributed by atoms with Gasteiger partial charge in [-0.3, -0.25) is 4.79 Å². The van der Waals surface area contributed by atoms with E-state index < -0.39 is 5.54 Å².